The number of nitrogens with one attached hydrogen (secondary N) is 2. The van der Waals surface area contributed by atoms with Crippen LogP contribution in [0.25, 0.3) is 0 Å². The van der Waals surface area contributed by atoms with Gasteiger partial charge in [0.05, 0.1) is 17.7 Å². The molecule has 0 radical (unpaired) electrons. The van der Waals surface area contributed by atoms with Gasteiger partial charge in [0, 0.05) is 17.0 Å². The van der Waals surface area contributed by atoms with E-state index >= 15 is 0 Å². The molecule has 1 aromatic heterocycles. The Morgan fingerprint density at radius 3 is 2.61 bits per heavy atom. The molecule has 122 valence electrons. The summed E-state index contributed by atoms with van der Waals surface area (Å²) < 4.78 is 5.58. The molecule has 2 aromatic rings. The molecule has 1 heterocycles. The number of rotatable bonds is 7. The van der Waals surface area contributed by atoms with Crippen LogP contribution < -0.4 is 15.4 Å². The lowest BCUT2D eigenvalue weighted by Gasteiger charge is -2.09. The summed E-state index contributed by atoms with van der Waals surface area (Å²) in [5.74, 6) is 0.152. The van der Waals surface area contributed by atoms with E-state index in [0.29, 0.717) is 17.9 Å². The van der Waals surface area contributed by atoms with Crippen LogP contribution >= 0.6 is 11.3 Å². The highest BCUT2D eigenvalue weighted by Gasteiger charge is 2.09. The monoisotopic (exact) mass is 333 g/mol. The Labute approximate surface area is 138 Å². The van der Waals surface area contributed by atoms with E-state index in [1.54, 1.807) is 29.8 Å². The number of ether oxygens (including phenoxy) is 1. The van der Waals surface area contributed by atoms with Crippen LogP contribution in [-0.2, 0) is 11.4 Å². The molecule has 1 aromatic carbocycles. The van der Waals surface area contributed by atoms with Gasteiger partial charge in [0.1, 0.15) is 12.4 Å². The first kappa shape index (κ1) is 17.0. The molecule has 0 unspecified atom stereocenters. The van der Waals surface area contributed by atoms with Crippen LogP contribution in [0.2, 0.25) is 0 Å². The molecule has 0 aliphatic heterocycles. The van der Waals surface area contributed by atoms with Crippen molar-refractivity contribution in [2.45, 2.75) is 26.5 Å². The van der Waals surface area contributed by atoms with Crippen molar-refractivity contribution in [3.8, 4) is 5.75 Å². The number of amides is 2. The molecule has 23 heavy (non-hydrogen) atoms. The number of hydrogen-bond donors (Lipinski definition) is 2. The fourth-order valence-corrected chi connectivity index (χ4v) is 2.35. The van der Waals surface area contributed by atoms with Crippen molar-refractivity contribution in [3.05, 3.63) is 46.4 Å². The van der Waals surface area contributed by atoms with Crippen molar-refractivity contribution in [2.75, 3.05) is 6.54 Å². The number of nitrogens with zero attached hydrogens (tertiary/aromatic N) is 1. The van der Waals surface area contributed by atoms with Gasteiger partial charge < -0.3 is 15.4 Å². The molecule has 2 amide bonds. The van der Waals surface area contributed by atoms with Crippen molar-refractivity contribution < 1.29 is 14.3 Å². The van der Waals surface area contributed by atoms with Crippen LogP contribution in [0.1, 0.15) is 29.9 Å². The molecule has 2 N–H and O–H groups in total. The Morgan fingerprint density at radius 2 is 2.00 bits per heavy atom. The summed E-state index contributed by atoms with van der Waals surface area (Å²) in [5, 5.41) is 7.21. The second kappa shape index (κ2) is 8.28. The van der Waals surface area contributed by atoms with Crippen molar-refractivity contribution in [3.63, 3.8) is 0 Å². The predicted octanol–water partition coefficient (Wildman–Crippen LogP) is 1.98. The zero-order valence-corrected chi connectivity index (χ0v) is 13.9. The maximum Gasteiger partial charge on any atom is 0.251 e. The Hall–Kier alpha value is -2.41. The Kier molecular flexibility index (Phi) is 6.10. The number of carbonyl (C=O) groups is 2. The maximum absolute atomic E-state index is 12.0. The van der Waals surface area contributed by atoms with Crippen LogP contribution in [-0.4, -0.2) is 29.4 Å². The van der Waals surface area contributed by atoms with Gasteiger partial charge >= 0.3 is 0 Å². The molecule has 0 aliphatic rings. The van der Waals surface area contributed by atoms with Crippen LogP contribution in [0, 0.1) is 0 Å². The molecule has 0 atom stereocenters. The second-order valence-electron chi connectivity index (χ2n) is 5.20. The van der Waals surface area contributed by atoms with E-state index in [-0.39, 0.29) is 24.4 Å². The minimum Gasteiger partial charge on any atom is -0.487 e. The van der Waals surface area contributed by atoms with Gasteiger partial charge in [-0.1, -0.05) is 0 Å². The van der Waals surface area contributed by atoms with Crippen LogP contribution in [0.15, 0.2) is 35.2 Å². The summed E-state index contributed by atoms with van der Waals surface area (Å²) in [5.41, 5.74) is 3.10. The van der Waals surface area contributed by atoms with E-state index in [1.807, 2.05) is 19.2 Å². The molecular weight excluding hydrogens is 314 g/mol. The van der Waals surface area contributed by atoms with Gasteiger partial charge in [0.25, 0.3) is 5.91 Å². The first-order chi connectivity index (χ1) is 11.0. The highest BCUT2D eigenvalue weighted by Crippen LogP contribution is 2.14. The van der Waals surface area contributed by atoms with Crippen LogP contribution in [0.3, 0.4) is 0 Å². The third-order valence-corrected chi connectivity index (χ3v) is 3.48. The molecule has 0 spiro atoms. The van der Waals surface area contributed by atoms with E-state index in [2.05, 4.69) is 15.6 Å². The van der Waals surface area contributed by atoms with Gasteiger partial charge in [-0.2, -0.15) is 0 Å². The van der Waals surface area contributed by atoms with Gasteiger partial charge in [-0.25, -0.2) is 4.98 Å². The number of benzene rings is 1. The van der Waals surface area contributed by atoms with Gasteiger partial charge in [-0.15, -0.1) is 11.3 Å². The van der Waals surface area contributed by atoms with Crippen molar-refractivity contribution in [1.29, 1.82) is 0 Å². The van der Waals surface area contributed by atoms with Crippen molar-refractivity contribution >= 4 is 23.2 Å². The standard InChI is InChI=1S/C16H19N3O3S/c1-11(2)19-15(20)7-17-16(21)12-3-5-14(6-4-12)22-8-13-9-23-10-18-13/h3-6,9-11H,7-8H2,1-2H3,(H,17,21)(H,19,20). The molecule has 0 saturated heterocycles. The first-order valence-electron chi connectivity index (χ1n) is 7.22. The molecule has 7 heteroatoms. The topological polar surface area (TPSA) is 80.3 Å². The second-order valence-corrected chi connectivity index (χ2v) is 5.92. The number of aromatic nitrogens is 1. The molecular formula is C16H19N3O3S. The fourth-order valence-electron chi connectivity index (χ4n) is 1.80. The summed E-state index contributed by atoms with van der Waals surface area (Å²) in [4.78, 5) is 27.6. The third-order valence-electron chi connectivity index (χ3n) is 2.85. The lowest BCUT2D eigenvalue weighted by atomic mass is 10.2. The highest BCUT2D eigenvalue weighted by atomic mass is 32.1. The lowest BCUT2D eigenvalue weighted by molar-refractivity contribution is -0.120. The summed E-state index contributed by atoms with van der Waals surface area (Å²) in [6.45, 7) is 4.08. The minimum absolute atomic E-state index is 0.0426. The first-order valence-corrected chi connectivity index (χ1v) is 8.16. The molecule has 0 saturated carbocycles. The van der Waals surface area contributed by atoms with Gasteiger partial charge in [0.15, 0.2) is 0 Å². The van der Waals surface area contributed by atoms with E-state index in [4.69, 9.17) is 4.74 Å². The molecule has 2 rings (SSSR count). The average Bonchev–Trinajstić information content (AvgIpc) is 3.04. The predicted molar refractivity (Wildman–Crippen MR) is 88.5 cm³/mol. The lowest BCUT2D eigenvalue weighted by Crippen LogP contribution is -2.39. The molecule has 0 bridgehead atoms. The van der Waals surface area contributed by atoms with Crippen molar-refractivity contribution in [2.24, 2.45) is 0 Å². The van der Waals surface area contributed by atoms with Crippen LogP contribution in [0.4, 0.5) is 0 Å². The van der Waals surface area contributed by atoms with E-state index in [0.717, 1.165) is 5.69 Å². The van der Waals surface area contributed by atoms with E-state index in [9.17, 15) is 9.59 Å². The Balaban J connectivity index is 1.81. The highest BCUT2D eigenvalue weighted by molar-refractivity contribution is 7.07. The number of carbonyl (C=O) groups excluding carboxylic acids is 2. The smallest absolute Gasteiger partial charge is 0.251 e. The molecule has 6 nitrogen and oxygen atoms in total. The largest absolute Gasteiger partial charge is 0.487 e. The van der Waals surface area contributed by atoms with Crippen molar-refractivity contribution in [1.82, 2.24) is 15.6 Å². The summed E-state index contributed by atoms with van der Waals surface area (Å²) in [6, 6.07) is 6.80. The fraction of sp³-hybridized carbons (Fsp3) is 0.312. The van der Waals surface area contributed by atoms with Gasteiger partial charge in [0.2, 0.25) is 5.91 Å². The third kappa shape index (κ3) is 5.71. The Bertz CT molecular complexity index is 639. The summed E-state index contributed by atoms with van der Waals surface area (Å²) in [7, 11) is 0. The summed E-state index contributed by atoms with van der Waals surface area (Å²) >= 11 is 1.52. The minimum atomic E-state index is -0.296. The van der Waals surface area contributed by atoms with E-state index in [1.165, 1.54) is 11.3 Å². The SMILES string of the molecule is CC(C)NC(=O)CNC(=O)c1ccc(OCc2cscn2)cc1. The number of hydrogen-bond acceptors (Lipinski definition) is 5. The molecule has 0 fully saturated rings. The zero-order valence-electron chi connectivity index (χ0n) is 13.0. The van der Waals surface area contributed by atoms with Crippen LogP contribution in [0.5, 0.6) is 5.75 Å². The number of thiazole rings is 1. The summed E-state index contributed by atoms with van der Waals surface area (Å²) in [6.07, 6.45) is 0. The van der Waals surface area contributed by atoms with Gasteiger partial charge in [-0.05, 0) is 38.1 Å². The normalized spacial score (nSPS) is 10.4. The van der Waals surface area contributed by atoms with Gasteiger partial charge in [-0.3, -0.25) is 9.59 Å². The average molecular weight is 333 g/mol. The Morgan fingerprint density at radius 1 is 1.26 bits per heavy atom. The zero-order chi connectivity index (χ0) is 16.7. The molecule has 0 aliphatic carbocycles. The quantitative estimate of drug-likeness (QED) is 0.812. The van der Waals surface area contributed by atoms with E-state index < -0.39 is 0 Å². The maximum atomic E-state index is 12.0.